The van der Waals surface area contributed by atoms with Crippen molar-refractivity contribution in [2.24, 2.45) is 0 Å². The van der Waals surface area contributed by atoms with Crippen LogP contribution in [-0.2, 0) is 25.1 Å². The van der Waals surface area contributed by atoms with Crippen molar-refractivity contribution < 1.29 is 58.5 Å². The third-order valence-corrected chi connectivity index (χ3v) is 0. The molecule has 0 fully saturated rings. The maximum absolute atomic E-state index is 7.83. The van der Waals surface area contributed by atoms with Crippen molar-refractivity contribution in [2.75, 3.05) is 0 Å². The van der Waals surface area contributed by atoms with Crippen LogP contribution in [0.15, 0.2) is 0 Å². The van der Waals surface area contributed by atoms with Crippen LogP contribution in [0.4, 0.5) is 0 Å². The second-order valence-corrected chi connectivity index (χ2v) is 13.4. The van der Waals surface area contributed by atoms with Gasteiger partial charge >= 0.3 is 47.1 Å². The van der Waals surface area contributed by atoms with E-state index >= 15 is 0 Å². The topological polar surface area (TPSA) is 34.1 Å². The summed E-state index contributed by atoms with van der Waals surface area (Å²) in [6.45, 7) is 0. The standard InChI is InChI=1S/Al.5ClH.2Li.2OS/c;;;;;;;;2*1-2/h;5*1H;;;;/q+3;;;;;;2*+1;;/p-5. The van der Waals surface area contributed by atoms with Crippen molar-refractivity contribution >= 4 is 74.7 Å². The minimum atomic E-state index is -2.94. The van der Waals surface area contributed by atoms with Crippen LogP contribution in [0.3, 0.4) is 0 Å². The Hall–Kier alpha value is 3.22. The molecule has 0 bridgehead atoms. The molecule has 0 aromatic heterocycles. The van der Waals surface area contributed by atoms with E-state index in [0.717, 1.165) is 0 Å². The Morgan fingerprint density at radius 3 is 0.750 bits per heavy atom. The molecule has 0 radical (unpaired) electrons. The molecule has 12 heavy (non-hydrogen) atoms. The molecule has 0 saturated heterocycles. The van der Waals surface area contributed by atoms with Crippen LogP contribution < -0.4 is 50.1 Å². The van der Waals surface area contributed by atoms with Gasteiger partial charge in [-0.3, -0.25) is 0 Å². The minimum absolute atomic E-state index is 0. The fraction of sp³-hybridized carbons (Fsp3) is 0. The molecule has 0 atom stereocenters. The van der Waals surface area contributed by atoms with E-state index in [4.69, 9.17) is 48.6 Å². The number of hydrogen-bond donors (Lipinski definition) is 0. The summed E-state index contributed by atoms with van der Waals surface area (Å²) >= 11 is 5.67. The monoisotopic (exact) mass is 312 g/mol. The fourth-order valence-corrected chi connectivity index (χ4v) is 0. The first-order valence-electron chi connectivity index (χ1n) is 1.21. The van der Waals surface area contributed by atoms with E-state index < -0.39 is 9.39 Å². The van der Waals surface area contributed by atoms with Gasteiger partial charge in [-0.05, 0) is 0 Å². The van der Waals surface area contributed by atoms with Gasteiger partial charge in [-0.15, -0.1) is 0 Å². The van der Waals surface area contributed by atoms with Crippen molar-refractivity contribution in [1.82, 2.24) is 0 Å². The zero-order valence-corrected chi connectivity index (χ0v) is 12.7. The predicted molar refractivity (Wildman–Crippen MR) is 45.5 cm³/mol. The average molecular weight is 314 g/mol. The van der Waals surface area contributed by atoms with Gasteiger partial charge in [0.05, 0.1) is 0 Å². The van der Waals surface area contributed by atoms with Gasteiger partial charge in [0.25, 0.3) is 0 Å². The quantitative estimate of drug-likeness (QED) is 0.416. The Balaban J connectivity index is -0.0000000116. The van der Waals surface area contributed by atoms with Crippen molar-refractivity contribution in [1.29, 1.82) is 0 Å². The van der Waals surface area contributed by atoms with E-state index in [1.54, 1.807) is 0 Å². The number of rotatable bonds is 0. The van der Waals surface area contributed by atoms with E-state index in [1.165, 1.54) is 0 Å². The molecule has 0 aromatic carbocycles. The van der Waals surface area contributed by atoms with Gasteiger partial charge in [-0.1, -0.05) is 0 Å². The molecule has 0 heterocycles. The van der Waals surface area contributed by atoms with Crippen molar-refractivity contribution in [3.63, 3.8) is 0 Å². The van der Waals surface area contributed by atoms with E-state index in [0.29, 0.717) is 0 Å². The van der Waals surface area contributed by atoms with Gasteiger partial charge < -0.3 is 52.6 Å². The van der Waals surface area contributed by atoms with Gasteiger partial charge in [-0.2, -0.15) is 8.42 Å². The third-order valence-electron chi connectivity index (χ3n) is 0. The van der Waals surface area contributed by atoms with Crippen molar-refractivity contribution in [2.45, 2.75) is 0 Å². The van der Waals surface area contributed by atoms with Crippen molar-refractivity contribution in [3.8, 4) is 0 Å². The second kappa shape index (κ2) is 29.2. The molecular formula is AlCl5Li2O2S2. The molecule has 0 amide bonds. The molecule has 0 aliphatic carbocycles. The van der Waals surface area contributed by atoms with Crippen LogP contribution in [-0.4, -0.2) is 17.8 Å². The minimum Gasteiger partial charge on any atom is -1.00 e. The van der Waals surface area contributed by atoms with Gasteiger partial charge in [0.2, 0.25) is 0 Å². The van der Waals surface area contributed by atoms with E-state index in [2.05, 4.69) is 25.1 Å². The van der Waals surface area contributed by atoms with Crippen LogP contribution >= 0.6 is 40.2 Å². The summed E-state index contributed by atoms with van der Waals surface area (Å²) in [5, 5.41) is 0. The van der Waals surface area contributed by atoms with Crippen LogP contribution in [0.2, 0.25) is 0 Å². The molecule has 0 spiro atoms. The Bertz CT molecular complexity index is 55.9. The molecular weight excluding hydrogens is 314 g/mol. The molecule has 0 unspecified atom stereocenters. The molecule has 0 aliphatic rings. The molecule has 0 rings (SSSR count). The molecule has 0 saturated carbocycles. The van der Waals surface area contributed by atoms with E-state index in [9.17, 15) is 0 Å². The first-order valence-corrected chi connectivity index (χ1v) is 8.86. The summed E-state index contributed by atoms with van der Waals surface area (Å²) in [6.07, 6.45) is 0. The van der Waals surface area contributed by atoms with Crippen LogP contribution in [0.5, 0.6) is 0 Å². The summed E-state index contributed by atoms with van der Waals surface area (Å²) in [5.41, 5.74) is 0. The molecule has 0 aromatic rings. The Labute approximate surface area is 131 Å². The third kappa shape index (κ3) is 191. The maximum Gasteiger partial charge on any atom is 1.00 e. The molecule has 0 aliphatic heterocycles. The van der Waals surface area contributed by atoms with Crippen LogP contribution in [0.1, 0.15) is 0 Å². The molecule has 2 nitrogen and oxygen atoms in total. The van der Waals surface area contributed by atoms with Crippen LogP contribution in [0, 0.1) is 0 Å². The zero-order chi connectivity index (χ0) is 8.50. The number of halogens is 5. The van der Waals surface area contributed by atoms with Gasteiger partial charge in [0.1, 0.15) is 0 Å². The summed E-state index contributed by atoms with van der Waals surface area (Å²) < 4.78 is 15.7. The zero-order valence-electron chi connectivity index (χ0n) is 6.10. The summed E-state index contributed by atoms with van der Waals surface area (Å²) in [7, 11) is 17.0. The van der Waals surface area contributed by atoms with E-state index in [1.807, 2.05) is 0 Å². The first kappa shape index (κ1) is 36.2. The summed E-state index contributed by atoms with van der Waals surface area (Å²) in [4.78, 5) is 0. The van der Waals surface area contributed by atoms with E-state index in [-0.39, 0.29) is 50.1 Å². The predicted octanol–water partition coefficient (Wildman–Crippen LogP) is -7.28. The van der Waals surface area contributed by atoms with Crippen molar-refractivity contribution in [3.05, 3.63) is 0 Å². The van der Waals surface area contributed by atoms with Gasteiger partial charge in [0.15, 0.2) is 25.1 Å². The molecule has 12 heteroatoms. The molecule has 0 N–H and O–H groups in total. The smallest absolute Gasteiger partial charge is 1.00 e. The Morgan fingerprint density at radius 2 is 0.750 bits per heavy atom. The fourth-order valence-electron chi connectivity index (χ4n) is 0. The maximum atomic E-state index is 7.83. The Kier molecular flexibility index (Phi) is 88.2. The SMILES string of the molecule is O=S.O=S.[Cl-].[Cl][Al-]([Cl])([Cl])[Cl].[Li+].[Li+]. The normalized spacial score (nSPS) is 5.67. The largest absolute Gasteiger partial charge is 1.00 e. The van der Waals surface area contributed by atoms with Gasteiger partial charge in [0, 0.05) is 0 Å². The van der Waals surface area contributed by atoms with Gasteiger partial charge in [-0.25, -0.2) is 0 Å². The first-order chi connectivity index (χ1) is 4.00. The van der Waals surface area contributed by atoms with Crippen LogP contribution in [0.25, 0.3) is 0 Å². The number of hydrogen-bond acceptors (Lipinski definition) is 4. The Morgan fingerprint density at radius 1 is 0.750 bits per heavy atom. The second-order valence-electron chi connectivity index (χ2n) is 0.495. The summed E-state index contributed by atoms with van der Waals surface area (Å²) in [6, 6.07) is 0. The summed E-state index contributed by atoms with van der Waals surface area (Å²) in [5.74, 6) is 0. The average Bonchev–Trinajstić information content (AvgIpc) is 1.72. The molecule has 64 valence electrons.